The Balaban J connectivity index is 1.45. The van der Waals surface area contributed by atoms with E-state index in [2.05, 4.69) is 25.7 Å². The van der Waals surface area contributed by atoms with Crippen molar-refractivity contribution >= 4 is 17.7 Å². The molecule has 1 aliphatic heterocycles. The van der Waals surface area contributed by atoms with E-state index >= 15 is 0 Å². The summed E-state index contributed by atoms with van der Waals surface area (Å²) in [6, 6.07) is 13.1. The van der Waals surface area contributed by atoms with Crippen LogP contribution >= 0.6 is 0 Å². The average molecular weight is 372 g/mol. The summed E-state index contributed by atoms with van der Waals surface area (Å²) in [6.07, 6.45) is 9.73. The molecule has 140 valence electrons. The number of nitrogens with one attached hydrogen (secondary N) is 2. The van der Waals surface area contributed by atoms with Crippen molar-refractivity contribution in [1.82, 2.24) is 25.7 Å². The van der Waals surface area contributed by atoms with Crippen LogP contribution in [0.1, 0.15) is 16.8 Å². The lowest BCUT2D eigenvalue weighted by Gasteiger charge is -2.24. The summed E-state index contributed by atoms with van der Waals surface area (Å²) in [5, 5.41) is 5.14. The van der Waals surface area contributed by atoms with Gasteiger partial charge in [-0.2, -0.15) is 0 Å². The number of aromatic nitrogens is 3. The molecule has 7 nitrogen and oxygen atoms in total. The van der Waals surface area contributed by atoms with Crippen molar-refractivity contribution in [2.75, 3.05) is 5.01 Å². The Morgan fingerprint density at radius 2 is 2.04 bits per heavy atom. The van der Waals surface area contributed by atoms with Gasteiger partial charge < -0.3 is 15.5 Å². The number of carbonyl (C=O) groups is 1. The van der Waals surface area contributed by atoms with Crippen molar-refractivity contribution in [3.05, 3.63) is 90.3 Å². The first-order chi connectivity index (χ1) is 13.8. The number of hydrogen-bond donors (Lipinski definition) is 2. The van der Waals surface area contributed by atoms with E-state index in [1.807, 2.05) is 48.7 Å². The average Bonchev–Trinajstić information content (AvgIpc) is 3.19. The molecule has 28 heavy (non-hydrogen) atoms. The van der Waals surface area contributed by atoms with E-state index in [1.54, 1.807) is 29.8 Å². The summed E-state index contributed by atoms with van der Waals surface area (Å²) < 4.78 is 0. The van der Waals surface area contributed by atoms with Crippen LogP contribution < -0.4 is 15.8 Å². The van der Waals surface area contributed by atoms with Crippen LogP contribution in [0.5, 0.6) is 0 Å². The minimum absolute atomic E-state index is 0.464. The van der Waals surface area contributed by atoms with Gasteiger partial charge in [0.15, 0.2) is 0 Å². The van der Waals surface area contributed by atoms with Crippen LogP contribution in [0.4, 0.5) is 5.82 Å². The van der Waals surface area contributed by atoms with E-state index < -0.39 is 6.04 Å². The quantitative estimate of drug-likeness (QED) is 0.615. The minimum Gasteiger partial charge on any atom is -0.307 e. The third-order valence-electron chi connectivity index (χ3n) is 4.50. The second-order valence-electron chi connectivity index (χ2n) is 6.37. The molecule has 3 aromatic rings. The largest absolute Gasteiger partial charge is 0.307 e. The lowest BCUT2D eigenvalue weighted by molar-refractivity contribution is -0.107. The predicted molar refractivity (Wildman–Crippen MR) is 107 cm³/mol. The van der Waals surface area contributed by atoms with Gasteiger partial charge in [-0.3, -0.25) is 15.0 Å². The third-order valence-corrected chi connectivity index (χ3v) is 4.50. The second kappa shape index (κ2) is 8.41. The van der Waals surface area contributed by atoms with Crippen molar-refractivity contribution in [2.45, 2.75) is 19.1 Å². The molecule has 1 unspecified atom stereocenters. The van der Waals surface area contributed by atoms with Crippen molar-refractivity contribution in [1.29, 1.82) is 0 Å². The molecule has 0 spiro atoms. The first-order valence-electron chi connectivity index (χ1n) is 9.02. The van der Waals surface area contributed by atoms with Gasteiger partial charge in [-0.25, -0.2) is 4.98 Å². The molecular weight excluding hydrogens is 352 g/mol. The summed E-state index contributed by atoms with van der Waals surface area (Å²) in [6.45, 7) is 1.36. The number of anilines is 1. The lowest BCUT2D eigenvalue weighted by atomic mass is 10.0. The fourth-order valence-electron chi connectivity index (χ4n) is 3.11. The molecule has 4 heterocycles. The molecule has 0 aliphatic carbocycles. The molecule has 0 saturated heterocycles. The van der Waals surface area contributed by atoms with E-state index in [9.17, 15) is 4.79 Å². The summed E-state index contributed by atoms with van der Waals surface area (Å²) in [4.78, 5) is 24.7. The minimum atomic E-state index is -0.464. The second-order valence-corrected chi connectivity index (χ2v) is 6.37. The van der Waals surface area contributed by atoms with Crippen molar-refractivity contribution in [3.63, 3.8) is 0 Å². The zero-order valence-corrected chi connectivity index (χ0v) is 15.2. The van der Waals surface area contributed by atoms with Crippen LogP contribution in [-0.2, 0) is 17.9 Å². The van der Waals surface area contributed by atoms with Crippen LogP contribution in [0.25, 0.3) is 5.57 Å². The zero-order chi connectivity index (χ0) is 19.2. The molecule has 3 aromatic heterocycles. The molecule has 7 heteroatoms. The highest BCUT2D eigenvalue weighted by molar-refractivity contribution is 5.89. The first kappa shape index (κ1) is 17.8. The molecule has 1 aliphatic rings. The van der Waals surface area contributed by atoms with Crippen LogP contribution in [0.15, 0.2) is 73.5 Å². The number of hydrogen-bond acceptors (Lipinski definition) is 7. The molecule has 0 radical (unpaired) electrons. The monoisotopic (exact) mass is 372 g/mol. The molecular formula is C21H20N6O. The smallest absolute Gasteiger partial charge is 0.149 e. The third kappa shape index (κ3) is 3.89. The molecule has 4 rings (SSSR count). The Morgan fingerprint density at radius 1 is 1.07 bits per heavy atom. The summed E-state index contributed by atoms with van der Waals surface area (Å²) in [5.74, 6) is 0.685. The summed E-state index contributed by atoms with van der Waals surface area (Å²) in [7, 11) is 0. The van der Waals surface area contributed by atoms with E-state index in [0.717, 1.165) is 28.7 Å². The highest BCUT2D eigenvalue weighted by Gasteiger charge is 2.29. The molecule has 0 amide bonds. The predicted octanol–water partition coefficient (Wildman–Crippen LogP) is 2.09. The topological polar surface area (TPSA) is 83.0 Å². The van der Waals surface area contributed by atoms with Crippen molar-refractivity contribution in [3.8, 4) is 0 Å². The molecule has 0 aromatic carbocycles. The van der Waals surface area contributed by atoms with Crippen molar-refractivity contribution < 1.29 is 4.79 Å². The Bertz CT molecular complexity index is 961. The van der Waals surface area contributed by atoms with Gasteiger partial charge >= 0.3 is 0 Å². The molecule has 2 N–H and O–H groups in total. The van der Waals surface area contributed by atoms with Gasteiger partial charge in [-0.1, -0.05) is 12.1 Å². The highest BCUT2D eigenvalue weighted by atomic mass is 16.1. The lowest BCUT2D eigenvalue weighted by Crippen LogP contribution is -2.40. The standard InChI is InChI=1S/C21H20N6O/c28-15-20-19(17-4-3-7-22-12-17)14-26-27(20)21-10-16(6-9-25-21)11-23-13-18-5-1-2-8-24-18/h1-10,12,14-15,20,23,26H,11,13H2. The Hall–Kier alpha value is -3.58. The number of rotatable bonds is 7. The van der Waals surface area contributed by atoms with Gasteiger partial charge in [0.25, 0.3) is 0 Å². The fourth-order valence-corrected chi connectivity index (χ4v) is 3.11. The van der Waals surface area contributed by atoms with Gasteiger partial charge in [0.05, 0.1) is 5.69 Å². The zero-order valence-electron chi connectivity index (χ0n) is 15.2. The van der Waals surface area contributed by atoms with Crippen LogP contribution in [0, 0.1) is 0 Å². The Morgan fingerprint density at radius 3 is 2.82 bits per heavy atom. The van der Waals surface area contributed by atoms with Gasteiger partial charge in [0, 0.05) is 55.2 Å². The fraction of sp³-hybridized carbons (Fsp3) is 0.143. The maximum Gasteiger partial charge on any atom is 0.149 e. The van der Waals surface area contributed by atoms with E-state index in [0.29, 0.717) is 18.9 Å². The van der Waals surface area contributed by atoms with Gasteiger partial charge in [-0.15, -0.1) is 0 Å². The van der Waals surface area contributed by atoms with Crippen molar-refractivity contribution in [2.24, 2.45) is 0 Å². The summed E-state index contributed by atoms with van der Waals surface area (Å²) >= 11 is 0. The Labute approximate surface area is 163 Å². The van der Waals surface area contributed by atoms with E-state index in [4.69, 9.17) is 0 Å². The maximum absolute atomic E-state index is 11.8. The van der Waals surface area contributed by atoms with Crippen LogP contribution in [0.3, 0.4) is 0 Å². The van der Waals surface area contributed by atoms with Gasteiger partial charge in [0.1, 0.15) is 18.1 Å². The van der Waals surface area contributed by atoms with Gasteiger partial charge in [-0.05, 0) is 35.9 Å². The molecule has 0 fully saturated rings. The Kier molecular flexibility index (Phi) is 5.35. The van der Waals surface area contributed by atoms with Crippen LogP contribution in [0.2, 0.25) is 0 Å². The van der Waals surface area contributed by atoms with E-state index in [1.165, 1.54) is 0 Å². The maximum atomic E-state index is 11.8. The highest BCUT2D eigenvalue weighted by Crippen LogP contribution is 2.27. The van der Waals surface area contributed by atoms with E-state index in [-0.39, 0.29) is 0 Å². The first-order valence-corrected chi connectivity index (χ1v) is 9.02. The summed E-state index contributed by atoms with van der Waals surface area (Å²) in [5.41, 5.74) is 6.98. The normalized spacial score (nSPS) is 15.8. The number of nitrogens with zero attached hydrogens (tertiary/aromatic N) is 4. The number of pyridine rings is 3. The molecule has 1 atom stereocenters. The molecule has 0 bridgehead atoms. The number of carbonyl (C=O) groups excluding carboxylic acids is 1. The number of hydrazine groups is 1. The number of aldehydes is 1. The van der Waals surface area contributed by atoms with Crippen LogP contribution in [-0.4, -0.2) is 27.3 Å². The van der Waals surface area contributed by atoms with Gasteiger partial charge in [0.2, 0.25) is 0 Å². The SMILES string of the molecule is O=CC1C(c2cccnc2)=CNN1c1cc(CNCc2ccccn2)ccn1. The molecule has 0 saturated carbocycles.